The number of aromatic nitrogens is 2. The number of ether oxygens (including phenoxy) is 1. The summed E-state index contributed by atoms with van der Waals surface area (Å²) >= 11 is 0. The number of furan rings is 1. The Kier molecular flexibility index (Phi) is 15.2. The van der Waals surface area contributed by atoms with Gasteiger partial charge in [-0.25, -0.2) is 14.4 Å². The van der Waals surface area contributed by atoms with E-state index in [1.54, 1.807) is 4.90 Å². The predicted molar refractivity (Wildman–Crippen MR) is 176 cm³/mol. The van der Waals surface area contributed by atoms with Crippen molar-refractivity contribution in [2.24, 2.45) is 17.6 Å². The number of carbonyl (C=O) groups excluding carboxylic acids is 2. The van der Waals surface area contributed by atoms with Crippen LogP contribution in [0, 0.1) is 24.7 Å². The van der Waals surface area contributed by atoms with Gasteiger partial charge in [0.25, 0.3) is 5.91 Å². The quantitative estimate of drug-likeness (QED) is 0.230. The Morgan fingerprint density at radius 3 is 2.38 bits per heavy atom. The van der Waals surface area contributed by atoms with Crippen molar-refractivity contribution >= 4 is 39.7 Å². The SMILES string of the molecule is C#C.CC.CC(C(N)=O)C1CCN(C(=O)C(C)(F)CCCOCc2nc(N3CCCC3)c3oc4ccccc4c3n2)CC1.CO. The van der Waals surface area contributed by atoms with E-state index in [1.165, 1.54) is 6.92 Å². The first-order valence-electron chi connectivity index (χ1n) is 15.8. The molecular formula is C34H50FN5O5. The molecule has 0 spiro atoms. The van der Waals surface area contributed by atoms with Crippen LogP contribution in [-0.2, 0) is 20.9 Å². The lowest BCUT2D eigenvalue weighted by molar-refractivity contribution is -0.145. The molecule has 248 valence electrons. The van der Waals surface area contributed by atoms with Gasteiger partial charge in [0.15, 0.2) is 22.9 Å². The van der Waals surface area contributed by atoms with Crippen LogP contribution in [-0.4, -0.2) is 77.4 Å². The predicted octanol–water partition coefficient (Wildman–Crippen LogP) is 5.25. The topological polar surface area (TPSA) is 135 Å². The highest BCUT2D eigenvalue weighted by atomic mass is 19.1. The van der Waals surface area contributed by atoms with Crippen LogP contribution in [0.2, 0.25) is 0 Å². The zero-order valence-electron chi connectivity index (χ0n) is 27.4. The maximum Gasteiger partial charge on any atom is 0.259 e. The van der Waals surface area contributed by atoms with Crippen molar-refractivity contribution in [2.75, 3.05) is 44.8 Å². The highest BCUT2D eigenvalue weighted by Gasteiger charge is 2.38. The van der Waals surface area contributed by atoms with Crippen LogP contribution < -0.4 is 10.6 Å². The Bertz CT molecular complexity index is 1380. The van der Waals surface area contributed by atoms with Crippen LogP contribution in [0.15, 0.2) is 28.7 Å². The van der Waals surface area contributed by atoms with E-state index in [-0.39, 0.29) is 37.4 Å². The summed E-state index contributed by atoms with van der Waals surface area (Å²) in [5.41, 5.74) is 5.69. The summed E-state index contributed by atoms with van der Waals surface area (Å²) in [6, 6.07) is 7.82. The average Bonchev–Trinajstić information content (AvgIpc) is 3.75. The first kappa shape index (κ1) is 37.4. The lowest BCUT2D eigenvalue weighted by atomic mass is 9.84. The number of likely N-dealkylation sites (tertiary alicyclic amines) is 1. The number of nitrogens with two attached hydrogens (primary N) is 1. The molecule has 2 aromatic heterocycles. The normalized spacial score (nSPS) is 16.8. The van der Waals surface area contributed by atoms with Gasteiger partial charge < -0.3 is 29.8 Å². The molecule has 2 atom stereocenters. The summed E-state index contributed by atoms with van der Waals surface area (Å²) in [5.74, 6) is 0.429. The molecule has 0 bridgehead atoms. The second-order valence-corrected chi connectivity index (χ2v) is 11.1. The summed E-state index contributed by atoms with van der Waals surface area (Å²) in [7, 11) is 1.00. The van der Waals surface area contributed by atoms with Crippen molar-refractivity contribution < 1.29 is 28.2 Å². The number of hydrogen-bond acceptors (Lipinski definition) is 8. The Morgan fingerprint density at radius 1 is 1.13 bits per heavy atom. The molecule has 2 amide bonds. The first-order valence-corrected chi connectivity index (χ1v) is 15.8. The number of hydrogen-bond donors (Lipinski definition) is 2. The third-order valence-electron chi connectivity index (χ3n) is 8.25. The summed E-state index contributed by atoms with van der Waals surface area (Å²) in [4.78, 5) is 37.7. The molecule has 2 aliphatic heterocycles. The fourth-order valence-corrected chi connectivity index (χ4v) is 5.77. The number of primary amides is 1. The van der Waals surface area contributed by atoms with E-state index in [0.29, 0.717) is 43.8 Å². The highest BCUT2D eigenvalue weighted by Crippen LogP contribution is 2.34. The highest BCUT2D eigenvalue weighted by molar-refractivity contribution is 6.05. The molecule has 11 heteroatoms. The molecule has 1 aromatic carbocycles. The molecule has 0 saturated carbocycles. The van der Waals surface area contributed by atoms with Crippen LogP contribution in [0.5, 0.6) is 0 Å². The molecule has 2 fully saturated rings. The van der Waals surface area contributed by atoms with Crippen molar-refractivity contribution in [1.29, 1.82) is 0 Å². The second kappa shape index (κ2) is 18.3. The monoisotopic (exact) mass is 627 g/mol. The van der Waals surface area contributed by atoms with E-state index in [1.807, 2.05) is 45.0 Å². The first-order chi connectivity index (χ1) is 21.7. The molecule has 2 saturated heterocycles. The second-order valence-electron chi connectivity index (χ2n) is 11.1. The zero-order valence-corrected chi connectivity index (χ0v) is 27.4. The van der Waals surface area contributed by atoms with Crippen LogP contribution in [0.4, 0.5) is 10.2 Å². The number of rotatable bonds is 10. The number of terminal acetylenes is 1. The summed E-state index contributed by atoms with van der Waals surface area (Å²) in [5, 5.41) is 7.94. The van der Waals surface area contributed by atoms with Gasteiger partial charge in [0, 0.05) is 51.2 Å². The van der Waals surface area contributed by atoms with Crippen LogP contribution in [0.3, 0.4) is 0 Å². The molecule has 0 aliphatic carbocycles. The van der Waals surface area contributed by atoms with E-state index >= 15 is 4.39 Å². The van der Waals surface area contributed by atoms with Crippen molar-refractivity contribution in [1.82, 2.24) is 14.9 Å². The van der Waals surface area contributed by atoms with E-state index in [4.69, 9.17) is 30.0 Å². The number of benzene rings is 1. The maximum atomic E-state index is 15.4. The average molecular weight is 628 g/mol. The van der Waals surface area contributed by atoms with Gasteiger partial charge in [-0.15, -0.1) is 12.8 Å². The van der Waals surface area contributed by atoms with E-state index in [0.717, 1.165) is 55.3 Å². The van der Waals surface area contributed by atoms with E-state index in [9.17, 15) is 9.59 Å². The van der Waals surface area contributed by atoms with Crippen molar-refractivity contribution in [3.8, 4) is 12.8 Å². The Hall–Kier alpha value is -3.75. The van der Waals surface area contributed by atoms with Crippen LogP contribution in [0.1, 0.15) is 72.0 Å². The summed E-state index contributed by atoms with van der Waals surface area (Å²) in [6.07, 6.45) is 12.0. The molecule has 2 aliphatic rings. The smallest absolute Gasteiger partial charge is 0.259 e. The number of fused-ring (bicyclic) bond motifs is 3. The Morgan fingerprint density at radius 2 is 1.76 bits per heavy atom. The number of nitrogens with zero attached hydrogens (tertiary/aromatic N) is 4. The van der Waals surface area contributed by atoms with Gasteiger partial charge >= 0.3 is 0 Å². The van der Waals surface area contributed by atoms with Crippen LogP contribution >= 0.6 is 0 Å². The van der Waals surface area contributed by atoms with E-state index < -0.39 is 11.6 Å². The third kappa shape index (κ3) is 9.38. The van der Waals surface area contributed by atoms with Crippen molar-refractivity contribution in [3.05, 3.63) is 30.1 Å². The van der Waals surface area contributed by atoms with Crippen molar-refractivity contribution in [2.45, 2.75) is 78.5 Å². The minimum absolute atomic E-state index is 0.0642. The number of alkyl halides is 1. The summed E-state index contributed by atoms with van der Waals surface area (Å²) < 4.78 is 27.3. The lowest BCUT2D eigenvalue weighted by Gasteiger charge is -2.36. The standard InChI is InChI=1S/C29H38FN5O4.C2H6.C2H2.CH4O/c1-19(26(31)36)20-10-15-35(16-11-20)28(37)29(2,30)12-7-17-38-18-23-32-24-21-8-3-4-9-22(21)39-25(24)27(33-23)34-13-5-6-14-34;3*1-2/h3-4,8-9,19-20H,5-7,10-18H2,1-2H3,(H2,31,36);1-2H3;1-2H;2H,1H3. The number of piperidine rings is 1. The number of para-hydroxylation sites is 1. The minimum Gasteiger partial charge on any atom is -0.450 e. The molecule has 45 heavy (non-hydrogen) atoms. The van der Waals surface area contributed by atoms with E-state index in [2.05, 4.69) is 17.7 Å². The van der Waals surface area contributed by atoms with Gasteiger partial charge in [-0.05, 0) is 63.5 Å². The molecule has 10 nitrogen and oxygen atoms in total. The molecule has 2 unspecified atom stereocenters. The Labute approximate surface area is 266 Å². The maximum absolute atomic E-state index is 15.4. The fraction of sp³-hybridized carbons (Fsp3) is 0.588. The molecule has 0 radical (unpaired) electrons. The van der Waals surface area contributed by atoms with Gasteiger partial charge in [0.05, 0.1) is 0 Å². The lowest BCUT2D eigenvalue weighted by Crippen LogP contribution is -2.49. The van der Waals surface area contributed by atoms with Gasteiger partial charge in [-0.2, -0.15) is 0 Å². The number of anilines is 1. The van der Waals surface area contributed by atoms with Gasteiger partial charge in [0.1, 0.15) is 17.7 Å². The minimum atomic E-state index is -1.97. The molecule has 4 heterocycles. The van der Waals surface area contributed by atoms with Crippen molar-refractivity contribution in [3.63, 3.8) is 0 Å². The molecule has 3 aromatic rings. The van der Waals surface area contributed by atoms with Gasteiger partial charge in [-0.3, -0.25) is 9.59 Å². The summed E-state index contributed by atoms with van der Waals surface area (Å²) in [6.45, 7) is 10.4. The number of carbonyl (C=O) groups is 2. The fourth-order valence-electron chi connectivity index (χ4n) is 5.77. The molecular weight excluding hydrogens is 577 g/mol. The largest absolute Gasteiger partial charge is 0.450 e. The number of aliphatic hydroxyl groups is 1. The third-order valence-corrected chi connectivity index (χ3v) is 8.25. The zero-order chi connectivity index (χ0) is 33.6. The molecule has 5 rings (SSSR count). The van der Waals surface area contributed by atoms with Crippen LogP contribution in [0.25, 0.3) is 22.1 Å². The van der Waals surface area contributed by atoms with Gasteiger partial charge in [-0.1, -0.05) is 32.9 Å². The number of amides is 2. The number of halogens is 1. The molecule has 3 N–H and O–H groups in total. The number of aliphatic hydroxyl groups excluding tert-OH is 1. The Balaban J connectivity index is 0.00000111. The van der Waals surface area contributed by atoms with Gasteiger partial charge in [0.2, 0.25) is 5.91 Å².